The molecule has 1 aromatic rings. The van der Waals surface area contributed by atoms with Crippen molar-refractivity contribution in [1.82, 2.24) is 5.32 Å². The van der Waals surface area contributed by atoms with Gasteiger partial charge >= 0.3 is 5.97 Å². The van der Waals surface area contributed by atoms with E-state index in [-0.39, 0.29) is 18.1 Å². The van der Waals surface area contributed by atoms with Crippen molar-refractivity contribution in [2.45, 2.75) is 26.3 Å². The fraction of sp³-hybridized carbons (Fsp3) is 0.429. The highest BCUT2D eigenvalue weighted by atomic mass is 16.5. The lowest BCUT2D eigenvalue weighted by molar-refractivity contribution is -0.125. The molecule has 0 unspecified atom stereocenters. The van der Waals surface area contributed by atoms with Gasteiger partial charge in [-0.2, -0.15) is 0 Å². The van der Waals surface area contributed by atoms with Crippen LogP contribution in [0.1, 0.15) is 31.1 Å². The number of para-hydroxylation sites is 1. The Labute approximate surface area is 112 Å². The fourth-order valence-electron chi connectivity index (χ4n) is 1.48. The van der Waals surface area contributed by atoms with Gasteiger partial charge in [0.2, 0.25) is 0 Å². The lowest BCUT2D eigenvalue weighted by atomic mass is 10.1. The summed E-state index contributed by atoms with van der Waals surface area (Å²) >= 11 is 0. The van der Waals surface area contributed by atoms with Crippen LogP contribution < -0.4 is 10.1 Å². The zero-order chi connectivity index (χ0) is 14.5. The maximum absolute atomic E-state index is 11.8. The minimum Gasteiger partial charge on any atom is -0.496 e. The molecule has 1 N–H and O–H groups in total. The molecule has 0 radical (unpaired) electrons. The number of hydrogen-bond acceptors (Lipinski definition) is 4. The Morgan fingerprint density at radius 2 is 1.84 bits per heavy atom. The predicted molar refractivity (Wildman–Crippen MR) is 71.2 cm³/mol. The molecule has 1 rings (SSSR count). The van der Waals surface area contributed by atoms with E-state index in [1.54, 1.807) is 24.3 Å². The molecule has 0 aliphatic carbocycles. The maximum Gasteiger partial charge on any atom is 0.342 e. The summed E-state index contributed by atoms with van der Waals surface area (Å²) in [5.74, 6) is -0.499. The van der Waals surface area contributed by atoms with Crippen molar-refractivity contribution in [3.05, 3.63) is 29.8 Å². The quantitative estimate of drug-likeness (QED) is 0.843. The predicted octanol–water partition coefficient (Wildman–Crippen LogP) is 1.77. The first kappa shape index (κ1) is 15.0. The highest BCUT2D eigenvalue weighted by molar-refractivity contribution is 5.94. The number of ether oxygens (including phenoxy) is 2. The van der Waals surface area contributed by atoms with Crippen LogP contribution in [0, 0.1) is 0 Å². The van der Waals surface area contributed by atoms with Gasteiger partial charge in [0.05, 0.1) is 7.11 Å². The molecule has 5 heteroatoms. The second kappa shape index (κ2) is 6.22. The van der Waals surface area contributed by atoms with Crippen LogP contribution in [0.3, 0.4) is 0 Å². The Hall–Kier alpha value is -2.04. The molecule has 0 aliphatic rings. The Bertz CT molecular complexity index is 463. The molecule has 0 atom stereocenters. The average molecular weight is 265 g/mol. The third-order valence-corrected chi connectivity index (χ3v) is 2.18. The van der Waals surface area contributed by atoms with E-state index < -0.39 is 5.97 Å². The average Bonchev–Trinajstić information content (AvgIpc) is 2.33. The van der Waals surface area contributed by atoms with E-state index in [9.17, 15) is 9.59 Å². The van der Waals surface area contributed by atoms with E-state index in [1.165, 1.54) is 7.11 Å². The molecule has 0 heterocycles. The van der Waals surface area contributed by atoms with Crippen LogP contribution in [0.25, 0.3) is 0 Å². The zero-order valence-electron chi connectivity index (χ0n) is 11.6. The monoisotopic (exact) mass is 265 g/mol. The molecule has 1 aromatic carbocycles. The summed E-state index contributed by atoms with van der Waals surface area (Å²) in [6.07, 6.45) is 0. The molecular weight excluding hydrogens is 246 g/mol. The van der Waals surface area contributed by atoms with Crippen LogP contribution in [-0.2, 0) is 9.53 Å². The van der Waals surface area contributed by atoms with E-state index in [2.05, 4.69) is 5.32 Å². The van der Waals surface area contributed by atoms with Gasteiger partial charge in [0.25, 0.3) is 5.91 Å². The summed E-state index contributed by atoms with van der Waals surface area (Å²) < 4.78 is 10.00. The van der Waals surface area contributed by atoms with Crippen molar-refractivity contribution in [2.24, 2.45) is 0 Å². The van der Waals surface area contributed by atoms with E-state index >= 15 is 0 Å². The number of esters is 1. The number of methoxy groups -OCH3 is 1. The smallest absolute Gasteiger partial charge is 0.342 e. The highest BCUT2D eigenvalue weighted by Crippen LogP contribution is 2.18. The zero-order valence-corrected chi connectivity index (χ0v) is 11.6. The molecule has 0 saturated heterocycles. The number of carbonyl (C=O) groups excluding carboxylic acids is 2. The Kier molecular flexibility index (Phi) is 4.92. The molecule has 19 heavy (non-hydrogen) atoms. The summed E-state index contributed by atoms with van der Waals surface area (Å²) in [6.45, 7) is 5.25. The van der Waals surface area contributed by atoms with Gasteiger partial charge in [0.1, 0.15) is 11.3 Å². The molecule has 0 aliphatic heterocycles. The first-order valence-electron chi connectivity index (χ1n) is 5.94. The van der Waals surface area contributed by atoms with Crippen molar-refractivity contribution >= 4 is 11.9 Å². The molecule has 104 valence electrons. The van der Waals surface area contributed by atoms with Crippen LogP contribution in [0.2, 0.25) is 0 Å². The lowest BCUT2D eigenvalue weighted by Crippen LogP contribution is -2.42. The SMILES string of the molecule is COc1ccccc1C(=O)OCC(=O)NC(C)(C)C. The van der Waals surface area contributed by atoms with Crippen molar-refractivity contribution < 1.29 is 19.1 Å². The number of nitrogens with one attached hydrogen (secondary N) is 1. The van der Waals surface area contributed by atoms with Gasteiger partial charge in [-0.3, -0.25) is 4.79 Å². The second-order valence-electron chi connectivity index (χ2n) is 5.07. The van der Waals surface area contributed by atoms with Crippen LogP contribution in [0.15, 0.2) is 24.3 Å². The largest absolute Gasteiger partial charge is 0.496 e. The van der Waals surface area contributed by atoms with Crippen LogP contribution in [0.5, 0.6) is 5.75 Å². The van der Waals surface area contributed by atoms with Crippen molar-refractivity contribution in [3.8, 4) is 5.75 Å². The topological polar surface area (TPSA) is 64.6 Å². The van der Waals surface area contributed by atoms with Gasteiger partial charge in [-0.05, 0) is 32.9 Å². The number of hydrogen-bond donors (Lipinski definition) is 1. The van der Waals surface area contributed by atoms with Gasteiger partial charge in [0, 0.05) is 5.54 Å². The van der Waals surface area contributed by atoms with Crippen molar-refractivity contribution in [1.29, 1.82) is 0 Å². The van der Waals surface area contributed by atoms with Crippen LogP contribution in [0.4, 0.5) is 0 Å². The van der Waals surface area contributed by atoms with Crippen LogP contribution >= 0.6 is 0 Å². The highest BCUT2D eigenvalue weighted by Gasteiger charge is 2.17. The third-order valence-electron chi connectivity index (χ3n) is 2.18. The van der Waals surface area contributed by atoms with Crippen LogP contribution in [-0.4, -0.2) is 31.1 Å². The minimum absolute atomic E-state index is 0.300. The summed E-state index contributed by atoms with van der Waals surface area (Å²) in [5, 5.41) is 2.71. The van der Waals surface area contributed by atoms with Gasteiger partial charge < -0.3 is 14.8 Å². The van der Waals surface area contributed by atoms with E-state index in [0.29, 0.717) is 11.3 Å². The Morgan fingerprint density at radius 3 is 2.42 bits per heavy atom. The summed E-state index contributed by atoms with van der Waals surface area (Å²) in [5.41, 5.74) is -0.0537. The standard InChI is InChI=1S/C14H19NO4/c1-14(2,3)15-12(16)9-19-13(17)10-7-5-6-8-11(10)18-4/h5-8H,9H2,1-4H3,(H,15,16). The Morgan fingerprint density at radius 1 is 1.21 bits per heavy atom. The van der Waals surface area contributed by atoms with Gasteiger partial charge in [-0.1, -0.05) is 12.1 Å². The normalized spacial score (nSPS) is 10.7. The van der Waals surface area contributed by atoms with E-state index in [1.807, 2.05) is 20.8 Å². The lowest BCUT2D eigenvalue weighted by Gasteiger charge is -2.20. The molecule has 0 saturated carbocycles. The first-order valence-corrected chi connectivity index (χ1v) is 5.94. The molecule has 0 aromatic heterocycles. The molecule has 0 fully saturated rings. The first-order chi connectivity index (χ1) is 8.83. The van der Waals surface area contributed by atoms with Gasteiger partial charge in [-0.25, -0.2) is 4.79 Å². The Balaban J connectivity index is 2.59. The summed E-state index contributed by atoms with van der Waals surface area (Å²) in [7, 11) is 1.47. The van der Waals surface area contributed by atoms with Gasteiger partial charge in [-0.15, -0.1) is 0 Å². The second-order valence-corrected chi connectivity index (χ2v) is 5.07. The molecular formula is C14H19NO4. The molecule has 5 nitrogen and oxygen atoms in total. The number of amides is 1. The summed E-state index contributed by atoms with van der Waals surface area (Å²) in [6, 6.07) is 6.70. The molecule has 0 spiro atoms. The molecule has 1 amide bonds. The van der Waals surface area contributed by atoms with Crippen molar-refractivity contribution in [2.75, 3.05) is 13.7 Å². The van der Waals surface area contributed by atoms with E-state index in [4.69, 9.17) is 9.47 Å². The number of benzene rings is 1. The minimum atomic E-state index is -0.582. The van der Waals surface area contributed by atoms with E-state index in [0.717, 1.165) is 0 Å². The maximum atomic E-state index is 11.8. The number of carbonyl (C=O) groups is 2. The molecule has 0 bridgehead atoms. The number of rotatable bonds is 4. The van der Waals surface area contributed by atoms with Crippen molar-refractivity contribution in [3.63, 3.8) is 0 Å². The summed E-state index contributed by atoms with van der Waals surface area (Å²) in [4.78, 5) is 23.3. The fourth-order valence-corrected chi connectivity index (χ4v) is 1.48. The third kappa shape index (κ3) is 4.99. The van der Waals surface area contributed by atoms with Gasteiger partial charge in [0.15, 0.2) is 6.61 Å².